The van der Waals surface area contributed by atoms with Crippen LogP contribution in [0.2, 0.25) is 0 Å². The van der Waals surface area contributed by atoms with E-state index in [0.29, 0.717) is 17.0 Å². The van der Waals surface area contributed by atoms with Crippen molar-refractivity contribution in [3.8, 4) is 11.1 Å². The molecule has 42 heavy (non-hydrogen) atoms. The first-order chi connectivity index (χ1) is 19.9. The fourth-order valence-corrected chi connectivity index (χ4v) is 6.20. The molecule has 0 aliphatic carbocycles. The zero-order valence-corrected chi connectivity index (χ0v) is 26.1. The van der Waals surface area contributed by atoms with Gasteiger partial charge >= 0.3 is 5.97 Å². The number of aliphatic carboxylic acids is 1. The summed E-state index contributed by atoms with van der Waals surface area (Å²) in [5, 5.41) is 15.0. The maximum absolute atomic E-state index is 14.6. The Morgan fingerprint density at radius 3 is 2.45 bits per heavy atom. The van der Waals surface area contributed by atoms with Gasteiger partial charge in [0.2, 0.25) is 6.41 Å². The van der Waals surface area contributed by atoms with Gasteiger partial charge in [-0.2, -0.15) is 0 Å². The lowest BCUT2D eigenvalue weighted by Crippen LogP contribution is -2.26. The summed E-state index contributed by atoms with van der Waals surface area (Å²) in [6, 6.07) is 6.58. The molecule has 1 unspecified atom stereocenters. The number of carbonyl (C=O) groups is 3. The minimum absolute atomic E-state index is 0.0134. The predicted octanol–water partition coefficient (Wildman–Crippen LogP) is 5.65. The molecule has 1 aromatic heterocycles. The van der Waals surface area contributed by atoms with Gasteiger partial charge in [0.1, 0.15) is 5.82 Å². The zero-order chi connectivity index (χ0) is 31.0. The number of nitrogens with one attached hydrogen (secondary N) is 2. The molecule has 0 bridgehead atoms. The fourth-order valence-electron chi connectivity index (χ4n) is 5.23. The number of rotatable bonds is 10. The highest BCUT2D eigenvalue weighted by molar-refractivity contribution is 7.13. The van der Waals surface area contributed by atoms with E-state index in [4.69, 9.17) is 5.11 Å². The van der Waals surface area contributed by atoms with Crippen molar-refractivity contribution in [2.45, 2.75) is 72.9 Å². The lowest BCUT2D eigenvalue weighted by molar-refractivity contribution is -0.137. The lowest BCUT2D eigenvalue weighted by atomic mass is 9.89. The summed E-state index contributed by atoms with van der Waals surface area (Å²) >= 11 is 1.55. The second-order valence-electron chi connectivity index (χ2n) is 10.9. The maximum Gasteiger partial charge on any atom is 0.305 e. The van der Waals surface area contributed by atoms with E-state index in [9.17, 15) is 18.8 Å². The highest BCUT2D eigenvalue weighted by Gasteiger charge is 2.22. The number of aryl methyl sites for hydroxylation is 4. The second-order valence-corrected chi connectivity index (χ2v) is 12.0. The normalized spacial score (nSPS) is 13.4. The number of carbonyl (C=O) groups excluding carboxylic acids is 2. The van der Waals surface area contributed by atoms with Gasteiger partial charge in [0.15, 0.2) is 5.01 Å². The third-order valence-electron chi connectivity index (χ3n) is 7.20. The molecule has 3 N–H and O–H groups in total. The summed E-state index contributed by atoms with van der Waals surface area (Å²) < 4.78 is 14.6. The molecular formula is C32H41FN4O4S. The first-order valence-electron chi connectivity index (χ1n) is 14.2. The van der Waals surface area contributed by atoms with Crippen molar-refractivity contribution < 1.29 is 23.9 Å². The van der Waals surface area contributed by atoms with Crippen LogP contribution in [-0.4, -0.2) is 53.4 Å². The van der Waals surface area contributed by atoms with Gasteiger partial charge in [0.05, 0.1) is 18.2 Å². The number of carboxylic acid groups (broad SMARTS) is 1. The summed E-state index contributed by atoms with van der Waals surface area (Å²) in [7, 11) is 2.09. The van der Waals surface area contributed by atoms with E-state index >= 15 is 0 Å². The van der Waals surface area contributed by atoms with Crippen LogP contribution in [-0.2, 0) is 22.6 Å². The van der Waals surface area contributed by atoms with Gasteiger partial charge in [-0.05, 0) is 87.5 Å². The Labute approximate surface area is 251 Å². The fraction of sp³-hybridized carbons (Fsp3) is 0.438. The SMILES string of the molecule is CCCCNC(=O)c1nc2c(s1)CCN(C)C2.Cc1cc(C)c(-c2cc(C)c(F)c(C(CC(=O)O)NC=O)c2)c(C)c1. The topological polar surface area (TPSA) is 112 Å². The van der Waals surface area contributed by atoms with Gasteiger partial charge in [-0.25, -0.2) is 9.37 Å². The maximum atomic E-state index is 14.6. The molecule has 226 valence electrons. The summed E-state index contributed by atoms with van der Waals surface area (Å²) in [6.45, 7) is 12.4. The van der Waals surface area contributed by atoms with E-state index in [-0.39, 0.29) is 17.9 Å². The van der Waals surface area contributed by atoms with Crippen LogP contribution >= 0.6 is 11.3 Å². The molecule has 4 rings (SSSR count). The van der Waals surface area contributed by atoms with Gasteiger partial charge < -0.3 is 20.6 Å². The monoisotopic (exact) mass is 596 g/mol. The third-order valence-corrected chi connectivity index (χ3v) is 8.36. The number of halogens is 1. The van der Waals surface area contributed by atoms with Crippen molar-refractivity contribution in [3.05, 3.63) is 73.5 Å². The van der Waals surface area contributed by atoms with Crippen LogP contribution in [0.5, 0.6) is 0 Å². The molecule has 2 heterocycles. The van der Waals surface area contributed by atoms with E-state index in [2.05, 4.69) is 46.6 Å². The number of hydrogen-bond acceptors (Lipinski definition) is 6. The van der Waals surface area contributed by atoms with Gasteiger partial charge in [0, 0.05) is 30.1 Å². The molecule has 10 heteroatoms. The first kappa shape index (κ1) is 32.9. The Morgan fingerprint density at radius 2 is 1.83 bits per heavy atom. The summed E-state index contributed by atoms with van der Waals surface area (Å²) in [5.41, 5.74) is 6.76. The molecule has 0 radical (unpaired) electrons. The number of carboxylic acids is 1. The smallest absolute Gasteiger partial charge is 0.305 e. The summed E-state index contributed by atoms with van der Waals surface area (Å²) in [4.78, 5) is 41.7. The number of nitrogens with zero attached hydrogens (tertiary/aromatic N) is 2. The standard InChI is InChI=1S/C20H22FNO3.C12H19N3OS/c1-11-5-12(2)19(13(3)6-11)15-7-14(4)20(21)16(8-15)17(22-10-23)9-18(24)25;1-3-4-6-13-11(16)12-14-9-8-15(2)7-5-10(9)17-12/h5-8,10,17H,9H2,1-4H3,(H,22,23)(H,24,25);3-8H2,1-2H3,(H,13,16). The highest BCUT2D eigenvalue weighted by atomic mass is 32.1. The quantitative estimate of drug-likeness (QED) is 0.206. The number of thiazole rings is 1. The van der Waals surface area contributed by atoms with Crippen molar-refractivity contribution in [2.75, 3.05) is 20.1 Å². The number of fused-ring (bicyclic) bond motifs is 1. The van der Waals surface area contributed by atoms with E-state index in [0.717, 1.165) is 72.4 Å². The molecule has 3 aromatic rings. The average molecular weight is 597 g/mol. The van der Waals surface area contributed by atoms with E-state index in [1.807, 2.05) is 20.8 Å². The average Bonchev–Trinajstić information content (AvgIpc) is 3.33. The van der Waals surface area contributed by atoms with Crippen LogP contribution in [0, 0.1) is 33.5 Å². The highest BCUT2D eigenvalue weighted by Crippen LogP contribution is 2.33. The van der Waals surface area contributed by atoms with Crippen LogP contribution in [0.25, 0.3) is 11.1 Å². The molecule has 1 aliphatic rings. The van der Waals surface area contributed by atoms with Gasteiger partial charge in [0.25, 0.3) is 5.91 Å². The zero-order valence-electron chi connectivity index (χ0n) is 25.3. The number of likely N-dealkylation sites (N-methyl/N-ethyl adjacent to an activating group) is 1. The first-order valence-corrected chi connectivity index (χ1v) is 15.0. The summed E-state index contributed by atoms with van der Waals surface area (Å²) in [6.07, 6.45) is 3.16. The van der Waals surface area contributed by atoms with Crippen LogP contribution < -0.4 is 10.6 Å². The largest absolute Gasteiger partial charge is 0.481 e. The Kier molecular flexibility index (Phi) is 11.8. The minimum Gasteiger partial charge on any atom is -0.481 e. The molecule has 0 fully saturated rings. The van der Waals surface area contributed by atoms with E-state index < -0.39 is 17.8 Å². The molecule has 0 spiro atoms. The molecule has 8 nitrogen and oxygen atoms in total. The Balaban J connectivity index is 0.000000247. The van der Waals surface area contributed by atoms with Crippen molar-refractivity contribution in [2.24, 2.45) is 0 Å². The van der Waals surface area contributed by atoms with Crippen molar-refractivity contribution in [1.82, 2.24) is 20.5 Å². The number of hydrogen-bond donors (Lipinski definition) is 3. The van der Waals surface area contributed by atoms with Gasteiger partial charge in [-0.15, -0.1) is 11.3 Å². The van der Waals surface area contributed by atoms with Crippen LogP contribution in [0.1, 0.15) is 80.4 Å². The minimum atomic E-state index is -1.11. The Morgan fingerprint density at radius 1 is 1.14 bits per heavy atom. The number of unbranched alkanes of at least 4 members (excludes halogenated alkanes) is 1. The van der Waals surface area contributed by atoms with Gasteiger partial charge in [-0.3, -0.25) is 14.4 Å². The number of aromatic nitrogens is 1. The van der Waals surface area contributed by atoms with E-state index in [1.54, 1.807) is 30.4 Å². The van der Waals surface area contributed by atoms with Crippen molar-refractivity contribution in [1.29, 1.82) is 0 Å². The molecule has 0 saturated heterocycles. The van der Waals surface area contributed by atoms with Gasteiger partial charge in [-0.1, -0.05) is 31.0 Å². The van der Waals surface area contributed by atoms with Crippen LogP contribution in [0.15, 0.2) is 24.3 Å². The molecular weight excluding hydrogens is 555 g/mol. The number of amides is 2. The van der Waals surface area contributed by atoms with Crippen LogP contribution in [0.4, 0.5) is 4.39 Å². The number of benzene rings is 2. The molecule has 2 aromatic carbocycles. The molecule has 0 saturated carbocycles. The lowest BCUT2D eigenvalue weighted by Gasteiger charge is -2.20. The summed E-state index contributed by atoms with van der Waals surface area (Å²) in [5.74, 6) is -1.61. The van der Waals surface area contributed by atoms with E-state index in [1.165, 1.54) is 4.88 Å². The molecule has 1 aliphatic heterocycles. The molecule has 1 atom stereocenters. The van der Waals surface area contributed by atoms with Crippen molar-refractivity contribution >= 4 is 29.6 Å². The molecule has 2 amide bonds. The van der Waals surface area contributed by atoms with Crippen LogP contribution in [0.3, 0.4) is 0 Å². The Hall–Kier alpha value is -3.63. The third kappa shape index (κ3) is 8.45. The second kappa shape index (κ2) is 15.0. The van der Waals surface area contributed by atoms with Crippen molar-refractivity contribution in [3.63, 3.8) is 0 Å². The predicted molar refractivity (Wildman–Crippen MR) is 164 cm³/mol. The Bertz CT molecular complexity index is 1420.